The van der Waals surface area contributed by atoms with Gasteiger partial charge in [0, 0.05) is 36.8 Å². The standard InChI is InChI=1S/C26H28F3N3O3/c1-25(2,24(34)35)11-4-9-22(33)31-13-10-19-20-8-5-12-30-23(20)32(21(19)16-31)15-17-6-3-7-18(14-17)26(27,28)29/h3,5-8,12,14H,4,9-11,13,15-16H2,1-2H3,(H,34,35). The Morgan fingerprint density at radius 1 is 1.14 bits per heavy atom. The number of hydrogen-bond donors (Lipinski definition) is 1. The summed E-state index contributed by atoms with van der Waals surface area (Å²) in [5.41, 5.74) is 1.54. The Morgan fingerprint density at radius 2 is 1.91 bits per heavy atom. The molecule has 6 nitrogen and oxygen atoms in total. The van der Waals surface area contributed by atoms with E-state index in [0.29, 0.717) is 43.6 Å². The van der Waals surface area contributed by atoms with Gasteiger partial charge in [-0.3, -0.25) is 9.59 Å². The summed E-state index contributed by atoms with van der Waals surface area (Å²) in [4.78, 5) is 30.5. The van der Waals surface area contributed by atoms with E-state index in [1.54, 1.807) is 31.0 Å². The average molecular weight is 488 g/mol. The van der Waals surface area contributed by atoms with Gasteiger partial charge in [0.1, 0.15) is 5.65 Å². The van der Waals surface area contributed by atoms with E-state index in [0.717, 1.165) is 28.8 Å². The molecule has 0 bridgehead atoms. The van der Waals surface area contributed by atoms with Gasteiger partial charge in [-0.25, -0.2) is 4.98 Å². The number of amides is 1. The fourth-order valence-electron chi connectivity index (χ4n) is 4.62. The van der Waals surface area contributed by atoms with E-state index in [2.05, 4.69) is 4.98 Å². The van der Waals surface area contributed by atoms with Gasteiger partial charge in [0.15, 0.2) is 0 Å². The van der Waals surface area contributed by atoms with Crippen molar-refractivity contribution in [1.29, 1.82) is 0 Å². The van der Waals surface area contributed by atoms with E-state index < -0.39 is 23.1 Å². The van der Waals surface area contributed by atoms with E-state index >= 15 is 0 Å². The van der Waals surface area contributed by atoms with Crippen LogP contribution in [0, 0.1) is 5.41 Å². The summed E-state index contributed by atoms with van der Waals surface area (Å²) in [7, 11) is 0. The van der Waals surface area contributed by atoms with Gasteiger partial charge in [0.25, 0.3) is 0 Å². The molecule has 0 unspecified atom stereocenters. The largest absolute Gasteiger partial charge is 0.481 e. The molecule has 1 aliphatic heterocycles. The molecule has 186 valence electrons. The summed E-state index contributed by atoms with van der Waals surface area (Å²) in [6, 6.07) is 9.05. The first-order valence-electron chi connectivity index (χ1n) is 11.6. The first-order valence-corrected chi connectivity index (χ1v) is 11.6. The van der Waals surface area contributed by atoms with Crippen molar-refractivity contribution in [1.82, 2.24) is 14.5 Å². The number of aliphatic carboxylic acids is 1. The summed E-state index contributed by atoms with van der Waals surface area (Å²) in [5.74, 6) is -0.945. The van der Waals surface area contributed by atoms with Crippen LogP contribution in [0.15, 0.2) is 42.6 Å². The molecule has 0 saturated heterocycles. The Balaban J connectivity index is 1.58. The second kappa shape index (κ2) is 9.36. The van der Waals surface area contributed by atoms with Crippen LogP contribution in [-0.2, 0) is 35.3 Å². The van der Waals surface area contributed by atoms with Gasteiger partial charge >= 0.3 is 12.1 Å². The smallest absolute Gasteiger partial charge is 0.416 e. The molecule has 0 atom stereocenters. The third kappa shape index (κ3) is 5.18. The zero-order valence-corrected chi connectivity index (χ0v) is 19.7. The van der Waals surface area contributed by atoms with Crippen molar-refractivity contribution in [3.05, 3.63) is 65.0 Å². The lowest BCUT2D eigenvalue weighted by atomic mass is 9.87. The highest BCUT2D eigenvalue weighted by atomic mass is 19.4. The molecule has 0 aliphatic carbocycles. The first kappa shape index (κ1) is 24.8. The van der Waals surface area contributed by atoms with Crippen LogP contribution in [0.4, 0.5) is 13.2 Å². The Morgan fingerprint density at radius 3 is 2.63 bits per heavy atom. The predicted molar refractivity (Wildman–Crippen MR) is 125 cm³/mol. The van der Waals surface area contributed by atoms with Crippen molar-refractivity contribution in [2.45, 2.75) is 58.8 Å². The number of carboxylic acid groups (broad SMARTS) is 1. The molecule has 9 heteroatoms. The third-order valence-corrected chi connectivity index (χ3v) is 6.73. The fraction of sp³-hybridized carbons (Fsp3) is 0.423. The summed E-state index contributed by atoms with van der Waals surface area (Å²) < 4.78 is 41.6. The van der Waals surface area contributed by atoms with Crippen molar-refractivity contribution >= 4 is 22.9 Å². The van der Waals surface area contributed by atoms with Crippen LogP contribution in [0.25, 0.3) is 11.0 Å². The maximum atomic E-state index is 13.2. The molecule has 1 aromatic carbocycles. The molecule has 0 radical (unpaired) electrons. The Hall–Kier alpha value is -3.36. The van der Waals surface area contributed by atoms with Crippen molar-refractivity contribution in [2.24, 2.45) is 5.41 Å². The minimum atomic E-state index is -4.43. The number of carbonyl (C=O) groups excluding carboxylic acids is 1. The minimum Gasteiger partial charge on any atom is -0.481 e. The molecule has 0 fully saturated rings. The van der Waals surface area contributed by atoms with Crippen LogP contribution in [0.5, 0.6) is 0 Å². The van der Waals surface area contributed by atoms with Crippen LogP contribution in [-0.4, -0.2) is 38.0 Å². The monoisotopic (exact) mass is 487 g/mol. The number of alkyl halides is 3. The van der Waals surface area contributed by atoms with Crippen LogP contribution >= 0.6 is 0 Å². The number of carbonyl (C=O) groups is 2. The molecule has 0 spiro atoms. The summed E-state index contributed by atoms with van der Waals surface area (Å²) in [6.07, 6.45) is -1.03. The first-order chi connectivity index (χ1) is 16.5. The number of benzene rings is 1. The minimum absolute atomic E-state index is 0.0549. The molecule has 3 heterocycles. The highest BCUT2D eigenvalue weighted by Crippen LogP contribution is 2.33. The number of hydrogen-bond acceptors (Lipinski definition) is 3. The summed E-state index contributed by atoms with van der Waals surface area (Å²) in [5, 5.41) is 10.2. The normalized spacial score (nSPS) is 14.3. The molecule has 0 saturated carbocycles. The predicted octanol–water partition coefficient (Wildman–Crippen LogP) is 5.27. The van der Waals surface area contributed by atoms with Crippen LogP contribution in [0.2, 0.25) is 0 Å². The lowest BCUT2D eigenvalue weighted by molar-refractivity contribution is -0.147. The number of pyridine rings is 1. The van der Waals surface area contributed by atoms with Crippen LogP contribution in [0.1, 0.15) is 55.5 Å². The SMILES string of the molecule is CC(C)(CCCC(=O)N1CCc2c(n(Cc3cccc(C(F)(F)F)c3)c3ncccc23)C1)C(=O)O. The molecule has 3 aromatic rings. The molecule has 2 aromatic heterocycles. The van der Waals surface area contributed by atoms with Crippen molar-refractivity contribution in [2.75, 3.05) is 6.54 Å². The Bertz CT molecular complexity index is 1260. The summed E-state index contributed by atoms with van der Waals surface area (Å²) >= 11 is 0. The van der Waals surface area contributed by atoms with Gasteiger partial charge < -0.3 is 14.6 Å². The quantitative estimate of drug-likeness (QED) is 0.493. The number of rotatable bonds is 7. The van der Waals surface area contributed by atoms with Gasteiger partial charge in [-0.2, -0.15) is 13.2 Å². The lowest BCUT2D eigenvalue weighted by Gasteiger charge is -2.29. The number of fused-ring (bicyclic) bond motifs is 3. The number of nitrogens with zero attached hydrogens (tertiary/aromatic N) is 3. The van der Waals surface area contributed by atoms with Crippen LogP contribution in [0.3, 0.4) is 0 Å². The highest BCUT2D eigenvalue weighted by molar-refractivity contribution is 5.84. The Labute approximate surface area is 201 Å². The molecule has 35 heavy (non-hydrogen) atoms. The fourth-order valence-corrected chi connectivity index (χ4v) is 4.62. The van der Waals surface area contributed by atoms with Crippen LogP contribution < -0.4 is 0 Å². The second-order valence-electron chi connectivity index (χ2n) is 9.69. The number of carboxylic acids is 1. The molecular weight excluding hydrogens is 459 g/mol. The van der Waals surface area contributed by atoms with Crippen molar-refractivity contribution < 1.29 is 27.9 Å². The molecule has 4 rings (SSSR count). The lowest BCUT2D eigenvalue weighted by Crippen LogP contribution is -2.36. The van der Waals surface area contributed by atoms with Gasteiger partial charge in [0.05, 0.1) is 17.5 Å². The van der Waals surface area contributed by atoms with E-state index in [1.807, 2.05) is 16.7 Å². The zero-order valence-electron chi connectivity index (χ0n) is 19.7. The van der Waals surface area contributed by atoms with Gasteiger partial charge in [0.2, 0.25) is 5.91 Å². The van der Waals surface area contributed by atoms with Gasteiger partial charge in [-0.1, -0.05) is 12.1 Å². The van der Waals surface area contributed by atoms with E-state index in [4.69, 9.17) is 0 Å². The van der Waals surface area contributed by atoms with E-state index in [9.17, 15) is 27.9 Å². The molecule has 1 amide bonds. The molecular formula is C26H28F3N3O3. The van der Waals surface area contributed by atoms with Crippen molar-refractivity contribution in [3.8, 4) is 0 Å². The number of aromatic nitrogens is 2. The highest BCUT2D eigenvalue weighted by Gasteiger charge is 2.31. The topological polar surface area (TPSA) is 75.4 Å². The maximum absolute atomic E-state index is 13.2. The second-order valence-corrected chi connectivity index (χ2v) is 9.69. The summed E-state index contributed by atoms with van der Waals surface area (Å²) in [6.45, 7) is 4.37. The van der Waals surface area contributed by atoms with E-state index in [-0.39, 0.29) is 18.9 Å². The maximum Gasteiger partial charge on any atom is 0.416 e. The molecule has 1 aliphatic rings. The van der Waals surface area contributed by atoms with Crippen molar-refractivity contribution in [3.63, 3.8) is 0 Å². The van der Waals surface area contributed by atoms with Gasteiger partial charge in [-0.05, 0) is 68.5 Å². The zero-order chi connectivity index (χ0) is 25.4. The van der Waals surface area contributed by atoms with Gasteiger partial charge in [-0.15, -0.1) is 0 Å². The Kier molecular flexibility index (Phi) is 6.62. The number of halogens is 3. The average Bonchev–Trinajstić information content (AvgIpc) is 3.11. The van der Waals surface area contributed by atoms with E-state index in [1.165, 1.54) is 6.07 Å². The third-order valence-electron chi connectivity index (χ3n) is 6.73. The molecule has 1 N–H and O–H groups in total.